The van der Waals surface area contributed by atoms with Gasteiger partial charge >= 0.3 is 0 Å². The molecule has 9 rings (SSSR count). The molecule has 4 aliphatic carbocycles. The second-order valence-electron chi connectivity index (χ2n) is 23.8. The van der Waals surface area contributed by atoms with Crippen LogP contribution in [-0.2, 0) is 42.6 Å². The van der Waals surface area contributed by atoms with E-state index in [1.54, 1.807) is 0 Å². The third-order valence-electron chi connectivity index (χ3n) is 19.5. The van der Waals surface area contributed by atoms with Crippen molar-refractivity contribution < 1.29 is 114 Å². The van der Waals surface area contributed by atoms with E-state index in [2.05, 4.69) is 26.8 Å². The molecule has 3 saturated carbocycles. The first-order valence-corrected chi connectivity index (χ1v) is 26.9. The Morgan fingerprint density at radius 2 is 1.22 bits per heavy atom. The topological polar surface area (TPSA) is 366 Å². The lowest BCUT2D eigenvalue weighted by atomic mass is 9.47. The molecule has 426 valence electrons. The molecular weight excluding hydrogens is 981 g/mol. The Hall–Kier alpha value is -1.18. The van der Waals surface area contributed by atoms with Crippen LogP contribution in [0, 0.1) is 46.3 Å². The predicted octanol–water partition coefficient (Wildman–Crippen LogP) is -3.01. The first-order chi connectivity index (χ1) is 35.0. The number of ether oxygens (including phenoxy) is 9. The summed E-state index contributed by atoms with van der Waals surface area (Å²) in [5.41, 5.74) is 1.02. The summed E-state index contributed by atoms with van der Waals surface area (Å²) < 4.78 is 54.4. The number of allylic oxidation sites excluding steroid dienone is 1. The molecule has 5 heterocycles. The standard InChI is InChI=1S/C51H84O23/c1-20(19-66-45-39(61)37(59)34(56)29(16-52)69-45)8-13-51(65)21(2)32-28(74-51)15-27-25-7-6-23-14-24(9-11-49(23,4)26(25)10-12-50(27,32)5)68-48-44(73-46-40(62)36(58)33(55)22(3)67-46)42(64)43(31(18-54)71-48)72-47-41(63)38(60)35(57)30(17-53)70-47/h6,20-22,24-48,52-65H,7-19H2,1-5H3/t20-,21+,22?,24+,25-,26+,27+,28?,29?,30?,31?,32+,33+,34-,35-,36+,37+,38+,39?,40?,41?,42+,43-,44?,45-,46+,47+,48-,49+,50+,51?/m1/s1. The minimum Gasteiger partial charge on any atom is -0.394 e. The summed E-state index contributed by atoms with van der Waals surface area (Å²) in [6.07, 6.45) is -22.1. The molecule has 0 aromatic heterocycles. The van der Waals surface area contributed by atoms with Crippen LogP contribution in [-0.4, -0.2) is 239 Å². The van der Waals surface area contributed by atoms with Crippen molar-refractivity contribution in [2.24, 2.45) is 46.3 Å². The van der Waals surface area contributed by atoms with E-state index < -0.39 is 155 Å². The summed E-state index contributed by atoms with van der Waals surface area (Å²) in [5, 5.41) is 148. The van der Waals surface area contributed by atoms with E-state index in [9.17, 15) is 71.5 Å². The van der Waals surface area contributed by atoms with Gasteiger partial charge in [0, 0.05) is 12.3 Å². The van der Waals surface area contributed by atoms with Gasteiger partial charge in [-0.25, -0.2) is 0 Å². The average Bonchev–Trinajstić information content (AvgIpc) is 3.82. The maximum Gasteiger partial charge on any atom is 0.187 e. The van der Waals surface area contributed by atoms with Gasteiger partial charge in [0.25, 0.3) is 0 Å². The van der Waals surface area contributed by atoms with Crippen molar-refractivity contribution in [3.05, 3.63) is 11.6 Å². The van der Waals surface area contributed by atoms with Crippen molar-refractivity contribution in [1.82, 2.24) is 0 Å². The van der Waals surface area contributed by atoms with Crippen molar-refractivity contribution in [2.75, 3.05) is 26.4 Å². The molecule has 0 aromatic carbocycles. The zero-order chi connectivity index (χ0) is 53.5. The number of aliphatic hydroxyl groups is 14. The van der Waals surface area contributed by atoms with Gasteiger partial charge in [-0.15, -0.1) is 0 Å². The van der Waals surface area contributed by atoms with Crippen LogP contribution in [0.5, 0.6) is 0 Å². The van der Waals surface area contributed by atoms with E-state index in [0.29, 0.717) is 43.4 Å². The van der Waals surface area contributed by atoms with E-state index in [0.717, 1.165) is 32.1 Å². The maximum atomic E-state index is 12.1. The normalized spacial score (nSPS) is 54.9. The molecule has 31 atom stereocenters. The summed E-state index contributed by atoms with van der Waals surface area (Å²) in [6.45, 7) is 8.35. The highest BCUT2D eigenvalue weighted by Crippen LogP contribution is 2.70. The van der Waals surface area contributed by atoms with Crippen LogP contribution in [0.1, 0.15) is 92.4 Å². The fourth-order valence-electron chi connectivity index (χ4n) is 15.0. The predicted molar refractivity (Wildman–Crippen MR) is 250 cm³/mol. The lowest BCUT2D eigenvalue weighted by Gasteiger charge is -2.58. The molecule has 0 aromatic rings. The van der Waals surface area contributed by atoms with Crippen LogP contribution in [0.2, 0.25) is 0 Å². The molecule has 14 N–H and O–H groups in total. The van der Waals surface area contributed by atoms with E-state index >= 15 is 0 Å². The Balaban J connectivity index is 0.849. The zero-order valence-corrected chi connectivity index (χ0v) is 42.9. The molecule has 0 bridgehead atoms. The van der Waals surface area contributed by atoms with Gasteiger partial charge in [-0.3, -0.25) is 0 Å². The molecule has 0 spiro atoms. The van der Waals surface area contributed by atoms with Gasteiger partial charge in [0.2, 0.25) is 0 Å². The van der Waals surface area contributed by atoms with Gasteiger partial charge < -0.3 is 114 Å². The molecular formula is C51H84O23. The molecule has 10 unspecified atom stereocenters. The molecule has 5 aliphatic heterocycles. The smallest absolute Gasteiger partial charge is 0.187 e. The third kappa shape index (κ3) is 10.2. The van der Waals surface area contributed by atoms with Crippen molar-refractivity contribution in [1.29, 1.82) is 0 Å². The summed E-state index contributed by atoms with van der Waals surface area (Å²) in [7, 11) is 0. The summed E-state index contributed by atoms with van der Waals surface area (Å²) in [4.78, 5) is 0. The minimum atomic E-state index is -1.85. The average molecular weight is 1070 g/mol. The van der Waals surface area contributed by atoms with Crippen LogP contribution in [0.25, 0.3) is 0 Å². The molecule has 23 heteroatoms. The van der Waals surface area contributed by atoms with E-state index in [-0.39, 0.29) is 41.3 Å². The molecule has 23 nitrogen and oxygen atoms in total. The highest BCUT2D eigenvalue weighted by Gasteiger charge is 2.68. The largest absolute Gasteiger partial charge is 0.394 e. The molecule has 0 radical (unpaired) electrons. The van der Waals surface area contributed by atoms with Gasteiger partial charge in [0.05, 0.1) is 44.7 Å². The number of aliphatic hydroxyl groups excluding tert-OH is 13. The van der Waals surface area contributed by atoms with Gasteiger partial charge in [0.1, 0.15) is 91.6 Å². The summed E-state index contributed by atoms with van der Waals surface area (Å²) >= 11 is 0. The Kier molecular flexibility index (Phi) is 17.4. The highest BCUT2D eigenvalue weighted by molar-refractivity contribution is 5.26. The summed E-state index contributed by atoms with van der Waals surface area (Å²) in [5.74, 6) is -0.310. The molecule has 74 heavy (non-hydrogen) atoms. The SMILES string of the molecule is CC1O[C@@H](OC2[C@H](O[C@H]3CC[C@@]4(C)C(=CC[C@H]5[C@@H]6CC7OC(O)(CC[C@@H](C)CO[C@@H]8OC(CO)[C@@H](O)[C@H](O)C8O)[C@@H](C)[C@@H]7[C@@]6(C)CC[C@@H]54)C3)OC(CO)[C@@H](O[C@@H]3OC(CO)[C@@H](O)[C@H](O)C3O)[C@@H]2O)C(O)[C@@H](O)[C@H]1O. The van der Waals surface area contributed by atoms with Gasteiger partial charge in [0.15, 0.2) is 30.9 Å². The van der Waals surface area contributed by atoms with Crippen LogP contribution >= 0.6 is 0 Å². The number of rotatable bonds is 15. The minimum absolute atomic E-state index is 0.0705. The van der Waals surface area contributed by atoms with Crippen LogP contribution in [0.4, 0.5) is 0 Å². The van der Waals surface area contributed by atoms with Gasteiger partial charge in [-0.2, -0.15) is 0 Å². The van der Waals surface area contributed by atoms with E-state index in [4.69, 9.17) is 42.6 Å². The van der Waals surface area contributed by atoms with Gasteiger partial charge in [-0.1, -0.05) is 39.3 Å². The van der Waals surface area contributed by atoms with Gasteiger partial charge in [-0.05, 0) is 98.7 Å². The quantitative estimate of drug-likeness (QED) is 0.0727. The van der Waals surface area contributed by atoms with Crippen molar-refractivity contribution in [2.45, 2.75) is 233 Å². The molecule has 9 aliphatic rings. The maximum absolute atomic E-state index is 12.1. The first-order valence-electron chi connectivity index (χ1n) is 26.9. The number of fused-ring (bicyclic) bond motifs is 7. The second kappa shape index (κ2) is 22.4. The van der Waals surface area contributed by atoms with Crippen LogP contribution in [0.15, 0.2) is 11.6 Å². The van der Waals surface area contributed by atoms with E-state index in [1.165, 1.54) is 12.5 Å². The molecule has 0 amide bonds. The molecule has 8 fully saturated rings. The van der Waals surface area contributed by atoms with Crippen LogP contribution < -0.4 is 0 Å². The van der Waals surface area contributed by atoms with Crippen molar-refractivity contribution >= 4 is 0 Å². The number of hydrogen-bond donors (Lipinski definition) is 14. The lowest BCUT2D eigenvalue weighted by molar-refractivity contribution is -0.389. The van der Waals surface area contributed by atoms with Crippen molar-refractivity contribution in [3.63, 3.8) is 0 Å². The monoisotopic (exact) mass is 1060 g/mol. The third-order valence-corrected chi connectivity index (χ3v) is 19.5. The fourth-order valence-corrected chi connectivity index (χ4v) is 15.0. The summed E-state index contributed by atoms with van der Waals surface area (Å²) in [6, 6.07) is 0. The highest BCUT2D eigenvalue weighted by atomic mass is 16.8. The Labute approximate surface area is 430 Å². The Bertz CT molecular complexity index is 1920. The van der Waals surface area contributed by atoms with E-state index in [1.807, 2.05) is 6.92 Å². The first kappa shape index (κ1) is 57.5. The Morgan fingerprint density at radius 1 is 0.635 bits per heavy atom. The number of hydrogen-bond acceptors (Lipinski definition) is 23. The van der Waals surface area contributed by atoms with Crippen LogP contribution in [0.3, 0.4) is 0 Å². The second-order valence-corrected chi connectivity index (χ2v) is 23.8. The lowest BCUT2D eigenvalue weighted by Crippen LogP contribution is -2.67. The Morgan fingerprint density at radius 3 is 1.86 bits per heavy atom. The fraction of sp³-hybridized carbons (Fsp3) is 0.961. The zero-order valence-electron chi connectivity index (χ0n) is 42.9. The molecule has 5 saturated heterocycles. The van der Waals surface area contributed by atoms with Crippen molar-refractivity contribution in [3.8, 4) is 0 Å².